The van der Waals surface area contributed by atoms with Crippen molar-refractivity contribution in [3.05, 3.63) is 0 Å². The van der Waals surface area contributed by atoms with Gasteiger partial charge in [0, 0.05) is 35.1 Å². The van der Waals surface area contributed by atoms with Gasteiger partial charge >= 0.3 is 0 Å². The molecule has 8 aliphatic carbocycles. The van der Waals surface area contributed by atoms with Crippen molar-refractivity contribution in [3.8, 4) is 0 Å². The van der Waals surface area contributed by atoms with Gasteiger partial charge in [-0.3, -0.25) is 0 Å². The van der Waals surface area contributed by atoms with E-state index in [0.717, 1.165) is 47.3 Å². The highest BCUT2D eigenvalue weighted by atomic mass is 15.2. The average Bonchev–Trinajstić information content (AvgIpc) is 2.91. The van der Waals surface area contributed by atoms with Gasteiger partial charge in [0.2, 0.25) is 0 Å². The minimum Gasteiger partial charge on any atom is -0.160 e. The summed E-state index contributed by atoms with van der Waals surface area (Å²) in [5.74, 6) is 7.72. The third-order valence-electron chi connectivity index (χ3n) is 6.69. The molecular weight excluding hydrogens is 196 g/mol. The lowest BCUT2D eigenvalue weighted by Gasteiger charge is -2.02. The summed E-state index contributed by atoms with van der Waals surface area (Å²) in [6.45, 7) is 0. The molecule has 0 N–H and O–H groups in total. The van der Waals surface area contributed by atoms with E-state index in [4.69, 9.17) is 10.2 Å². The number of hydrogen-bond donors (Lipinski definition) is 0. The van der Waals surface area contributed by atoms with E-state index >= 15 is 0 Å². The van der Waals surface area contributed by atoms with Crippen LogP contribution in [0.25, 0.3) is 0 Å². The van der Waals surface area contributed by atoms with Crippen LogP contribution in [-0.4, -0.2) is 11.4 Å². The molecule has 8 saturated carbocycles. The molecule has 0 aromatic rings. The maximum absolute atomic E-state index is 4.71. The summed E-state index contributed by atoms with van der Waals surface area (Å²) in [5, 5.41) is 9.42. The molecule has 0 aliphatic heterocycles. The second-order valence-corrected chi connectivity index (χ2v) is 7.09. The lowest BCUT2D eigenvalue weighted by molar-refractivity contribution is 0.688. The van der Waals surface area contributed by atoms with E-state index in [2.05, 4.69) is 0 Å². The molecule has 2 unspecified atom stereocenters. The second kappa shape index (κ2) is 2.04. The Morgan fingerprint density at radius 2 is 1.00 bits per heavy atom. The molecule has 0 amide bonds. The van der Waals surface area contributed by atoms with Crippen LogP contribution in [-0.2, 0) is 0 Å². The highest BCUT2D eigenvalue weighted by Gasteiger charge is 2.68. The SMILES string of the molecule is C1C2C[C@H]3C(/C2=N\N=C2/C4C[C@H]5C2[C@@H]5C4)[C@@H]13. The minimum absolute atomic E-state index is 0.857. The lowest BCUT2D eigenvalue weighted by Crippen LogP contribution is -2.05. The van der Waals surface area contributed by atoms with Gasteiger partial charge in [-0.25, -0.2) is 0 Å². The van der Waals surface area contributed by atoms with Gasteiger partial charge < -0.3 is 0 Å². The van der Waals surface area contributed by atoms with Crippen LogP contribution in [0.5, 0.6) is 0 Å². The van der Waals surface area contributed by atoms with Gasteiger partial charge in [0.1, 0.15) is 0 Å². The van der Waals surface area contributed by atoms with Crippen LogP contribution in [0.2, 0.25) is 0 Å². The van der Waals surface area contributed by atoms with E-state index in [-0.39, 0.29) is 0 Å². The summed E-state index contributed by atoms with van der Waals surface area (Å²) in [5.41, 5.74) is 3.03. The zero-order valence-corrected chi connectivity index (χ0v) is 9.34. The first-order valence-corrected chi connectivity index (χ1v) is 7.07. The topological polar surface area (TPSA) is 24.7 Å². The summed E-state index contributed by atoms with van der Waals surface area (Å²) in [4.78, 5) is 0. The molecule has 6 atom stereocenters. The first-order chi connectivity index (χ1) is 7.92. The molecular formula is C14H16N2. The Kier molecular flexibility index (Phi) is 0.974. The van der Waals surface area contributed by atoms with Gasteiger partial charge in [-0.1, -0.05) is 0 Å². The molecule has 0 spiro atoms. The standard InChI is InChI=1S/C14H16N2/c1-5-2-8-7(1)11(8)13(5)15-16-14-6-3-9-10(4-6)12(9)14/h5-12H,1-4H2/b15-13-,16-14+/t5?,6?,7-,8+,9-,10-,11?,12?/m1/s1. The molecule has 2 heteroatoms. The Bertz CT molecular complexity index is 401. The summed E-state index contributed by atoms with van der Waals surface area (Å²) >= 11 is 0. The van der Waals surface area contributed by atoms with E-state index in [1.54, 1.807) is 0 Å². The summed E-state index contributed by atoms with van der Waals surface area (Å²) in [6, 6.07) is 0. The fraction of sp³-hybridized carbons (Fsp3) is 0.857. The predicted octanol–water partition coefficient (Wildman–Crippen LogP) is 2.36. The normalized spacial score (nSPS) is 71.0. The first kappa shape index (κ1) is 7.62. The molecule has 8 bridgehead atoms. The van der Waals surface area contributed by atoms with Crippen molar-refractivity contribution in [1.82, 2.24) is 0 Å². The molecule has 0 radical (unpaired) electrons. The maximum atomic E-state index is 4.71. The minimum atomic E-state index is 0.857. The van der Waals surface area contributed by atoms with Crippen LogP contribution in [0.3, 0.4) is 0 Å². The van der Waals surface area contributed by atoms with Crippen molar-refractivity contribution in [2.24, 2.45) is 57.5 Å². The quantitative estimate of drug-likeness (QED) is 0.596. The van der Waals surface area contributed by atoms with Crippen LogP contribution < -0.4 is 0 Å². The zero-order valence-electron chi connectivity index (χ0n) is 9.34. The Balaban J connectivity index is 1.39. The summed E-state index contributed by atoms with van der Waals surface area (Å²) in [7, 11) is 0. The average molecular weight is 212 g/mol. The van der Waals surface area contributed by atoms with Gasteiger partial charge in [0.05, 0.1) is 0 Å². The molecule has 0 aromatic carbocycles. The second-order valence-electron chi connectivity index (χ2n) is 7.09. The zero-order chi connectivity index (χ0) is 10.0. The van der Waals surface area contributed by atoms with Crippen LogP contribution in [0.15, 0.2) is 10.2 Å². The fourth-order valence-electron chi connectivity index (χ4n) is 6.00. The molecule has 8 rings (SSSR count). The highest BCUT2D eigenvalue weighted by molar-refractivity contribution is 6.00. The van der Waals surface area contributed by atoms with Gasteiger partial charge in [0.15, 0.2) is 0 Å². The molecule has 82 valence electrons. The van der Waals surface area contributed by atoms with Crippen LogP contribution in [0.1, 0.15) is 25.7 Å². The largest absolute Gasteiger partial charge is 0.160 e. The van der Waals surface area contributed by atoms with Crippen LogP contribution >= 0.6 is 0 Å². The molecule has 0 saturated heterocycles. The van der Waals surface area contributed by atoms with Gasteiger partial charge in [0.25, 0.3) is 0 Å². The molecule has 2 nitrogen and oxygen atoms in total. The Morgan fingerprint density at radius 1 is 0.625 bits per heavy atom. The summed E-state index contributed by atoms with van der Waals surface area (Å²) in [6.07, 6.45) is 5.82. The lowest BCUT2D eigenvalue weighted by atomic mass is 10.1. The molecule has 8 fully saturated rings. The van der Waals surface area contributed by atoms with Crippen molar-refractivity contribution in [2.75, 3.05) is 0 Å². The molecule has 16 heavy (non-hydrogen) atoms. The van der Waals surface area contributed by atoms with Gasteiger partial charge in [-0.15, -0.1) is 0 Å². The van der Waals surface area contributed by atoms with Crippen LogP contribution in [0, 0.1) is 47.3 Å². The van der Waals surface area contributed by atoms with Crippen LogP contribution in [0.4, 0.5) is 0 Å². The van der Waals surface area contributed by atoms with E-state index in [9.17, 15) is 0 Å². The van der Waals surface area contributed by atoms with Crippen molar-refractivity contribution < 1.29 is 0 Å². The Hall–Kier alpha value is -0.660. The summed E-state index contributed by atoms with van der Waals surface area (Å²) < 4.78 is 0. The fourth-order valence-corrected chi connectivity index (χ4v) is 6.00. The number of nitrogens with zero attached hydrogens (tertiary/aromatic N) is 2. The number of rotatable bonds is 1. The molecule has 0 aromatic heterocycles. The third kappa shape index (κ3) is 0.640. The van der Waals surface area contributed by atoms with E-state index in [1.165, 1.54) is 37.1 Å². The first-order valence-electron chi connectivity index (χ1n) is 7.07. The van der Waals surface area contributed by atoms with Gasteiger partial charge in [-0.05, 0) is 49.4 Å². The predicted molar refractivity (Wildman–Crippen MR) is 61.3 cm³/mol. The highest BCUT2D eigenvalue weighted by Crippen LogP contribution is 2.70. The van der Waals surface area contributed by atoms with Crippen molar-refractivity contribution in [2.45, 2.75) is 25.7 Å². The number of hydrogen-bond acceptors (Lipinski definition) is 2. The van der Waals surface area contributed by atoms with Crippen molar-refractivity contribution in [1.29, 1.82) is 0 Å². The maximum Gasteiger partial charge on any atom is 0.0473 e. The van der Waals surface area contributed by atoms with E-state index in [0.29, 0.717) is 0 Å². The smallest absolute Gasteiger partial charge is 0.0473 e. The Labute approximate surface area is 95.2 Å². The van der Waals surface area contributed by atoms with Crippen molar-refractivity contribution in [3.63, 3.8) is 0 Å². The van der Waals surface area contributed by atoms with E-state index < -0.39 is 0 Å². The Morgan fingerprint density at radius 3 is 1.25 bits per heavy atom. The third-order valence-corrected chi connectivity index (χ3v) is 6.69. The molecule has 0 heterocycles. The molecule has 8 aliphatic rings. The van der Waals surface area contributed by atoms with Crippen molar-refractivity contribution >= 4 is 11.4 Å². The van der Waals surface area contributed by atoms with E-state index in [1.807, 2.05) is 0 Å². The monoisotopic (exact) mass is 212 g/mol. The van der Waals surface area contributed by atoms with Gasteiger partial charge in [-0.2, -0.15) is 10.2 Å².